The molecule has 1 aromatic rings. The van der Waals surface area contributed by atoms with Gasteiger partial charge in [0.1, 0.15) is 0 Å². The number of hydrogen-bond acceptors (Lipinski definition) is 0. The molecule has 0 aliphatic heterocycles. The molecule has 0 aromatic heterocycles. The molecule has 0 spiro atoms. The number of hydrogen-bond donors (Lipinski definition) is 0. The standard InChI is InChI=1S/C8H10.C4H9.Li/c1-2-8-6-4-3-5-7-8;1-3-4-2;/h3-7H,2H2,1H3;1,3-4H2,2H3;/q;-1;+1. The molecule has 0 atom stereocenters. The molecule has 1 rings (SSSR count). The third-order valence-corrected chi connectivity index (χ3v) is 1.60. The summed E-state index contributed by atoms with van der Waals surface area (Å²) in [4.78, 5) is 0. The van der Waals surface area contributed by atoms with Crippen molar-refractivity contribution in [3.8, 4) is 0 Å². The fraction of sp³-hybridized carbons (Fsp3) is 0.417. The minimum Gasteiger partial charge on any atom is -0.343 e. The molecule has 0 saturated heterocycles. The van der Waals surface area contributed by atoms with Crippen LogP contribution in [0.2, 0.25) is 0 Å². The van der Waals surface area contributed by atoms with Gasteiger partial charge in [0.2, 0.25) is 0 Å². The minimum atomic E-state index is 0. The van der Waals surface area contributed by atoms with Gasteiger partial charge in [-0.2, -0.15) is 6.42 Å². The molecule has 0 N–H and O–H groups in total. The van der Waals surface area contributed by atoms with Gasteiger partial charge >= 0.3 is 18.9 Å². The van der Waals surface area contributed by atoms with E-state index >= 15 is 0 Å². The summed E-state index contributed by atoms with van der Waals surface area (Å²) in [6.45, 7) is 7.88. The van der Waals surface area contributed by atoms with Crippen molar-refractivity contribution in [3.63, 3.8) is 0 Å². The Bertz CT molecular complexity index is 168. The first kappa shape index (κ1) is 15.3. The van der Waals surface area contributed by atoms with E-state index in [9.17, 15) is 0 Å². The van der Waals surface area contributed by atoms with Crippen molar-refractivity contribution in [1.82, 2.24) is 0 Å². The zero-order valence-electron chi connectivity index (χ0n) is 9.22. The van der Waals surface area contributed by atoms with Gasteiger partial charge in [-0.15, -0.1) is 0 Å². The van der Waals surface area contributed by atoms with Crippen molar-refractivity contribution >= 4 is 0 Å². The monoisotopic (exact) mass is 170 g/mol. The maximum atomic E-state index is 3.60. The summed E-state index contributed by atoms with van der Waals surface area (Å²) in [5.41, 5.74) is 1.41. The van der Waals surface area contributed by atoms with Crippen LogP contribution in [0.5, 0.6) is 0 Å². The molecule has 68 valence electrons. The molecule has 1 heteroatoms. The number of unbranched alkanes of at least 4 members (excludes halogenated alkanes) is 1. The Hall–Kier alpha value is -0.183. The van der Waals surface area contributed by atoms with Gasteiger partial charge in [0, 0.05) is 0 Å². The number of rotatable bonds is 2. The summed E-state index contributed by atoms with van der Waals surface area (Å²) in [7, 11) is 0. The summed E-state index contributed by atoms with van der Waals surface area (Å²) >= 11 is 0. The van der Waals surface area contributed by atoms with E-state index in [1.165, 1.54) is 12.0 Å². The second kappa shape index (κ2) is 11.8. The predicted molar refractivity (Wildman–Crippen MR) is 56.1 cm³/mol. The molecule has 0 unspecified atom stereocenters. The molecule has 0 nitrogen and oxygen atoms in total. The molecule has 0 fully saturated rings. The van der Waals surface area contributed by atoms with Crippen LogP contribution in [0.25, 0.3) is 0 Å². The van der Waals surface area contributed by atoms with Crippen LogP contribution in [0, 0.1) is 6.92 Å². The smallest absolute Gasteiger partial charge is 0.343 e. The van der Waals surface area contributed by atoms with E-state index in [-0.39, 0.29) is 18.9 Å². The minimum absolute atomic E-state index is 0. The van der Waals surface area contributed by atoms with Gasteiger partial charge in [-0.3, -0.25) is 0 Å². The van der Waals surface area contributed by atoms with Crippen molar-refractivity contribution < 1.29 is 18.9 Å². The quantitative estimate of drug-likeness (QED) is 0.456. The first-order chi connectivity index (χ1) is 5.85. The van der Waals surface area contributed by atoms with Crippen LogP contribution in [-0.4, -0.2) is 0 Å². The van der Waals surface area contributed by atoms with Gasteiger partial charge in [0.15, 0.2) is 0 Å². The zero-order valence-corrected chi connectivity index (χ0v) is 9.22. The summed E-state index contributed by atoms with van der Waals surface area (Å²) in [5, 5.41) is 0. The molecule has 0 saturated carbocycles. The van der Waals surface area contributed by atoms with E-state index in [0.29, 0.717) is 0 Å². The first-order valence-corrected chi connectivity index (χ1v) is 4.68. The van der Waals surface area contributed by atoms with Crippen LogP contribution >= 0.6 is 0 Å². The average Bonchev–Trinajstić information content (AvgIpc) is 2.19. The van der Waals surface area contributed by atoms with Crippen LogP contribution in [-0.2, 0) is 6.42 Å². The largest absolute Gasteiger partial charge is 1.00 e. The predicted octanol–water partition coefficient (Wildman–Crippen LogP) is 0.874. The van der Waals surface area contributed by atoms with Crippen molar-refractivity contribution in [3.05, 3.63) is 42.8 Å². The molecule has 13 heavy (non-hydrogen) atoms. The van der Waals surface area contributed by atoms with Gasteiger partial charge in [0.25, 0.3) is 0 Å². The van der Waals surface area contributed by atoms with Gasteiger partial charge in [-0.05, 0) is 12.0 Å². The Kier molecular flexibility index (Phi) is 13.9. The Labute approximate surface area is 94.9 Å². The molecule has 0 radical (unpaired) electrons. The van der Waals surface area contributed by atoms with Crippen molar-refractivity contribution in [2.45, 2.75) is 33.1 Å². The van der Waals surface area contributed by atoms with Crippen LogP contribution in [0.15, 0.2) is 30.3 Å². The second-order valence-electron chi connectivity index (χ2n) is 2.69. The van der Waals surface area contributed by atoms with Crippen LogP contribution in [0.4, 0.5) is 0 Å². The van der Waals surface area contributed by atoms with E-state index in [0.717, 1.165) is 12.8 Å². The maximum absolute atomic E-state index is 3.60. The number of aryl methyl sites for hydroxylation is 1. The molecular weight excluding hydrogens is 151 g/mol. The van der Waals surface area contributed by atoms with Crippen LogP contribution in [0.3, 0.4) is 0 Å². The van der Waals surface area contributed by atoms with E-state index in [1.54, 1.807) is 0 Å². The molecule has 1 aromatic carbocycles. The summed E-state index contributed by atoms with van der Waals surface area (Å²) in [6.07, 6.45) is 3.42. The van der Waals surface area contributed by atoms with E-state index in [2.05, 4.69) is 45.0 Å². The topological polar surface area (TPSA) is 0 Å². The van der Waals surface area contributed by atoms with E-state index in [1.807, 2.05) is 6.07 Å². The molecule has 0 aliphatic carbocycles. The first-order valence-electron chi connectivity index (χ1n) is 4.68. The summed E-state index contributed by atoms with van der Waals surface area (Å²) in [5.74, 6) is 0. The molecule has 0 amide bonds. The molecule has 0 heterocycles. The molecule has 0 aliphatic rings. The maximum Gasteiger partial charge on any atom is 1.00 e. The second-order valence-corrected chi connectivity index (χ2v) is 2.69. The van der Waals surface area contributed by atoms with Crippen molar-refractivity contribution in [2.75, 3.05) is 0 Å². The van der Waals surface area contributed by atoms with Gasteiger partial charge in [0.05, 0.1) is 0 Å². The fourth-order valence-electron chi connectivity index (χ4n) is 0.714. The van der Waals surface area contributed by atoms with Crippen LogP contribution < -0.4 is 18.9 Å². The van der Waals surface area contributed by atoms with Crippen molar-refractivity contribution in [1.29, 1.82) is 0 Å². The molecule has 0 bridgehead atoms. The van der Waals surface area contributed by atoms with E-state index < -0.39 is 0 Å². The van der Waals surface area contributed by atoms with E-state index in [4.69, 9.17) is 0 Å². The number of benzene rings is 1. The van der Waals surface area contributed by atoms with Gasteiger partial charge in [-0.25, -0.2) is 0 Å². The van der Waals surface area contributed by atoms with Gasteiger partial charge in [-0.1, -0.05) is 50.6 Å². The SMILES string of the molecule is CCc1ccccc1.[CH2-]CCC.[Li+]. The van der Waals surface area contributed by atoms with Gasteiger partial charge < -0.3 is 6.92 Å². The Morgan fingerprint density at radius 2 is 1.54 bits per heavy atom. The Morgan fingerprint density at radius 3 is 1.77 bits per heavy atom. The summed E-state index contributed by atoms with van der Waals surface area (Å²) in [6, 6.07) is 10.5. The Morgan fingerprint density at radius 1 is 1.08 bits per heavy atom. The summed E-state index contributed by atoms with van der Waals surface area (Å²) < 4.78 is 0. The third-order valence-electron chi connectivity index (χ3n) is 1.60. The zero-order chi connectivity index (χ0) is 9.23. The fourth-order valence-corrected chi connectivity index (χ4v) is 0.714. The average molecular weight is 170 g/mol. The normalized spacial score (nSPS) is 7.92. The van der Waals surface area contributed by atoms with Crippen molar-refractivity contribution in [2.24, 2.45) is 0 Å². The van der Waals surface area contributed by atoms with Crippen LogP contribution in [0.1, 0.15) is 32.3 Å². The molecular formula is C12H19Li. The third kappa shape index (κ3) is 9.73. The Balaban J connectivity index is 0.